The Morgan fingerprint density at radius 3 is 3.05 bits per heavy atom. The second-order valence-electron chi connectivity index (χ2n) is 5.55. The molecule has 2 aromatic rings. The number of carbonyl (C=O) groups excluding carboxylic acids is 1. The number of piperidine rings is 1. The van der Waals surface area contributed by atoms with Crippen LogP contribution in [0.25, 0.3) is 0 Å². The molecule has 1 amide bonds. The van der Waals surface area contributed by atoms with Gasteiger partial charge in [0.25, 0.3) is 5.91 Å². The Balaban J connectivity index is 1.66. The summed E-state index contributed by atoms with van der Waals surface area (Å²) in [4.78, 5) is 22.6. The van der Waals surface area contributed by atoms with Gasteiger partial charge in [0.1, 0.15) is 6.10 Å². The summed E-state index contributed by atoms with van der Waals surface area (Å²) in [6, 6.07) is 7.70. The van der Waals surface area contributed by atoms with Gasteiger partial charge in [-0.3, -0.25) is 9.78 Å². The van der Waals surface area contributed by atoms with Gasteiger partial charge >= 0.3 is 0 Å². The monoisotopic (exact) mass is 297 g/mol. The number of likely N-dealkylation sites (tertiary alicyclic amines) is 1. The van der Waals surface area contributed by atoms with Crippen LogP contribution in [0.3, 0.4) is 0 Å². The van der Waals surface area contributed by atoms with Crippen LogP contribution in [0, 0.1) is 6.92 Å². The zero-order chi connectivity index (χ0) is 15.4. The number of aromatic nitrogens is 2. The first-order valence-electron chi connectivity index (χ1n) is 7.51. The van der Waals surface area contributed by atoms with Crippen molar-refractivity contribution in [1.29, 1.82) is 0 Å². The van der Waals surface area contributed by atoms with Crippen molar-refractivity contribution >= 4 is 5.91 Å². The summed E-state index contributed by atoms with van der Waals surface area (Å²) in [5, 5.41) is 0. The first-order chi connectivity index (χ1) is 10.7. The highest BCUT2D eigenvalue weighted by Gasteiger charge is 2.26. The number of amides is 1. The van der Waals surface area contributed by atoms with Crippen molar-refractivity contribution in [2.75, 3.05) is 13.1 Å². The first kappa shape index (κ1) is 14.5. The molecule has 0 saturated carbocycles. The maximum Gasteiger partial charge on any atom is 0.253 e. The van der Waals surface area contributed by atoms with Gasteiger partial charge in [0.15, 0.2) is 0 Å². The average molecular weight is 297 g/mol. The van der Waals surface area contributed by atoms with Gasteiger partial charge in [-0.2, -0.15) is 0 Å². The summed E-state index contributed by atoms with van der Waals surface area (Å²) < 4.78 is 5.83. The van der Waals surface area contributed by atoms with Crippen molar-refractivity contribution in [1.82, 2.24) is 14.9 Å². The molecule has 0 N–H and O–H groups in total. The summed E-state index contributed by atoms with van der Waals surface area (Å²) in [5.74, 6) is 0.577. The van der Waals surface area contributed by atoms with Crippen molar-refractivity contribution in [2.45, 2.75) is 25.9 Å². The molecule has 22 heavy (non-hydrogen) atoms. The third kappa shape index (κ3) is 3.42. The van der Waals surface area contributed by atoms with Gasteiger partial charge in [-0.15, -0.1) is 0 Å². The minimum absolute atomic E-state index is 0.0285. The lowest BCUT2D eigenvalue weighted by Gasteiger charge is -2.32. The van der Waals surface area contributed by atoms with Crippen molar-refractivity contribution in [3.05, 3.63) is 54.0 Å². The molecule has 1 unspecified atom stereocenters. The molecule has 0 bridgehead atoms. The normalized spacial score (nSPS) is 18.0. The first-order valence-corrected chi connectivity index (χ1v) is 7.51. The van der Waals surface area contributed by atoms with Crippen molar-refractivity contribution < 1.29 is 9.53 Å². The fourth-order valence-corrected chi connectivity index (χ4v) is 2.70. The van der Waals surface area contributed by atoms with Gasteiger partial charge in [-0.05, 0) is 31.9 Å². The SMILES string of the molecule is Cc1cccc(C(=O)N2CCCC(Oc3cnccn3)C2)c1. The quantitative estimate of drug-likeness (QED) is 0.873. The van der Waals surface area contributed by atoms with Crippen LogP contribution in [0.1, 0.15) is 28.8 Å². The summed E-state index contributed by atoms with van der Waals surface area (Å²) in [6.45, 7) is 3.35. The van der Waals surface area contributed by atoms with Crippen molar-refractivity contribution in [3.8, 4) is 5.88 Å². The van der Waals surface area contributed by atoms with E-state index in [0.717, 1.165) is 30.5 Å². The van der Waals surface area contributed by atoms with Gasteiger partial charge < -0.3 is 9.64 Å². The Morgan fingerprint density at radius 1 is 1.36 bits per heavy atom. The zero-order valence-electron chi connectivity index (χ0n) is 12.6. The molecule has 114 valence electrons. The molecule has 1 aromatic carbocycles. The number of aryl methyl sites for hydroxylation is 1. The number of ether oxygens (including phenoxy) is 1. The predicted molar refractivity (Wildman–Crippen MR) is 82.8 cm³/mol. The third-order valence-electron chi connectivity index (χ3n) is 3.76. The standard InChI is InChI=1S/C17H19N3O2/c1-13-4-2-5-14(10-13)17(21)20-9-3-6-15(12-20)22-16-11-18-7-8-19-16/h2,4-5,7-8,10-11,15H,3,6,9,12H2,1H3. The molecule has 0 radical (unpaired) electrons. The second kappa shape index (κ2) is 6.56. The van der Waals surface area contributed by atoms with E-state index in [1.54, 1.807) is 18.6 Å². The smallest absolute Gasteiger partial charge is 0.253 e. The average Bonchev–Trinajstić information content (AvgIpc) is 2.55. The molecule has 1 aliphatic heterocycles. The molecule has 0 aliphatic carbocycles. The molecular weight excluding hydrogens is 278 g/mol. The van der Waals surface area contributed by atoms with E-state index in [2.05, 4.69) is 9.97 Å². The minimum Gasteiger partial charge on any atom is -0.471 e. The molecule has 5 nitrogen and oxygen atoms in total. The van der Waals surface area contributed by atoms with Gasteiger partial charge in [0, 0.05) is 24.5 Å². The highest BCUT2D eigenvalue weighted by atomic mass is 16.5. The number of hydrogen-bond acceptors (Lipinski definition) is 4. The molecule has 2 heterocycles. The van der Waals surface area contributed by atoms with Crippen LogP contribution in [0.4, 0.5) is 0 Å². The Labute approximate surface area is 130 Å². The molecule has 1 atom stereocenters. The zero-order valence-corrected chi connectivity index (χ0v) is 12.6. The highest BCUT2D eigenvalue weighted by molar-refractivity contribution is 5.94. The van der Waals surface area contributed by atoms with Gasteiger partial charge in [-0.1, -0.05) is 17.7 Å². The van der Waals surface area contributed by atoms with E-state index in [9.17, 15) is 4.79 Å². The Hall–Kier alpha value is -2.43. The number of carbonyl (C=O) groups is 1. The lowest BCUT2D eigenvalue weighted by Crippen LogP contribution is -2.44. The molecule has 3 rings (SSSR count). The van der Waals surface area contributed by atoms with E-state index < -0.39 is 0 Å². The van der Waals surface area contributed by atoms with Crippen LogP contribution >= 0.6 is 0 Å². The molecule has 1 aliphatic rings. The van der Waals surface area contributed by atoms with Crippen LogP contribution < -0.4 is 4.74 Å². The molecule has 1 saturated heterocycles. The second-order valence-corrected chi connectivity index (χ2v) is 5.55. The molecule has 1 aromatic heterocycles. The van der Waals surface area contributed by atoms with E-state index in [4.69, 9.17) is 4.74 Å². The highest BCUT2D eigenvalue weighted by Crippen LogP contribution is 2.18. The van der Waals surface area contributed by atoms with Crippen LogP contribution in [-0.2, 0) is 0 Å². The van der Waals surface area contributed by atoms with E-state index in [-0.39, 0.29) is 12.0 Å². The number of nitrogens with zero attached hydrogens (tertiary/aromatic N) is 3. The lowest BCUT2D eigenvalue weighted by molar-refractivity contribution is 0.0527. The van der Waals surface area contributed by atoms with E-state index >= 15 is 0 Å². The fraction of sp³-hybridized carbons (Fsp3) is 0.353. The van der Waals surface area contributed by atoms with Crippen LogP contribution in [-0.4, -0.2) is 40.0 Å². The predicted octanol–water partition coefficient (Wildman–Crippen LogP) is 2.47. The van der Waals surface area contributed by atoms with Gasteiger partial charge in [-0.25, -0.2) is 4.98 Å². The Bertz CT molecular complexity index is 645. The number of rotatable bonds is 3. The van der Waals surface area contributed by atoms with Crippen LogP contribution in [0.5, 0.6) is 5.88 Å². The minimum atomic E-state index is -0.0285. The topological polar surface area (TPSA) is 55.3 Å². The maximum absolute atomic E-state index is 12.6. The van der Waals surface area contributed by atoms with Gasteiger partial charge in [0.2, 0.25) is 5.88 Å². The number of hydrogen-bond donors (Lipinski definition) is 0. The van der Waals surface area contributed by atoms with E-state index in [1.807, 2.05) is 36.1 Å². The number of benzene rings is 1. The molecular formula is C17H19N3O2. The van der Waals surface area contributed by atoms with Crippen molar-refractivity contribution in [2.24, 2.45) is 0 Å². The van der Waals surface area contributed by atoms with E-state index in [0.29, 0.717) is 12.4 Å². The summed E-state index contributed by atoms with van der Waals surface area (Å²) in [6.07, 6.45) is 6.65. The Kier molecular flexibility index (Phi) is 4.32. The third-order valence-corrected chi connectivity index (χ3v) is 3.76. The van der Waals surface area contributed by atoms with Crippen LogP contribution in [0.15, 0.2) is 42.9 Å². The largest absolute Gasteiger partial charge is 0.471 e. The van der Waals surface area contributed by atoms with Gasteiger partial charge in [0.05, 0.1) is 12.7 Å². The lowest BCUT2D eigenvalue weighted by atomic mass is 10.1. The fourth-order valence-electron chi connectivity index (χ4n) is 2.70. The molecule has 1 fully saturated rings. The van der Waals surface area contributed by atoms with Crippen molar-refractivity contribution in [3.63, 3.8) is 0 Å². The summed E-state index contributed by atoms with van der Waals surface area (Å²) in [7, 11) is 0. The Morgan fingerprint density at radius 2 is 2.27 bits per heavy atom. The molecule has 5 heteroatoms. The summed E-state index contributed by atoms with van der Waals surface area (Å²) >= 11 is 0. The molecule has 0 spiro atoms. The van der Waals surface area contributed by atoms with E-state index in [1.165, 1.54) is 0 Å². The van der Waals surface area contributed by atoms with Crippen LogP contribution in [0.2, 0.25) is 0 Å². The summed E-state index contributed by atoms with van der Waals surface area (Å²) in [5.41, 5.74) is 1.83. The maximum atomic E-state index is 12.6.